The zero-order chi connectivity index (χ0) is 12.9. The first-order valence-corrected chi connectivity index (χ1v) is 6.01. The number of nitrogens with zero attached hydrogens (tertiary/aromatic N) is 2. The predicted octanol–water partition coefficient (Wildman–Crippen LogP) is 3.94. The molecule has 0 fully saturated rings. The molecular weight excluding hydrogens is 236 g/mol. The van der Waals surface area contributed by atoms with Gasteiger partial charge in [-0.25, -0.2) is 9.97 Å². The van der Waals surface area contributed by atoms with E-state index in [0.29, 0.717) is 0 Å². The van der Waals surface area contributed by atoms with E-state index in [1.165, 1.54) is 0 Å². The molecule has 0 N–H and O–H groups in total. The normalized spacial score (nSPS) is 10.1. The Hall–Kier alpha value is -2.68. The largest absolute Gasteiger partial charge is 0.457 e. The van der Waals surface area contributed by atoms with Gasteiger partial charge in [0.2, 0.25) is 0 Å². The summed E-state index contributed by atoms with van der Waals surface area (Å²) in [5.74, 6) is 1.64. The van der Waals surface area contributed by atoms with E-state index >= 15 is 0 Å². The van der Waals surface area contributed by atoms with E-state index in [1.54, 1.807) is 12.5 Å². The molecule has 0 aliphatic heterocycles. The van der Waals surface area contributed by atoms with Crippen molar-refractivity contribution in [2.75, 3.05) is 0 Å². The summed E-state index contributed by atoms with van der Waals surface area (Å²) in [6.45, 7) is 0. The second kappa shape index (κ2) is 5.31. The molecule has 3 aromatic rings. The smallest absolute Gasteiger partial charge is 0.127 e. The highest BCUT2D eigenvalue weighted by atomic mass is 16.5. The maximum Gasteiger partial charge on any atom is 0.127 e. The minimum atomic E-state index is 0.809. The number of hydrogen-bond acceptors (Lipinski definition) is 3. The molecule has 2 aromatic carbocycles. The maximum absolute atomic E-state index is 5.74. The van der Waals surface area contributed by atoms with Crippen molar-refractivity contribution in [3.63, 3.8) is 0 Å². The lowest BCUT2D eigenvalue weighted by Gasteiger charge is -2.06. The molecule has 1 heterocycles. The fraction of sp³-hybridized carbons (Fsp3) is 0. The van der Waals surface area contributed by atoms with E-state index < -0.39 is 0 Å². The molecule has 0 aliphatic rings. The van der Waals surface area contributed by atoms with Gasteiger partial charge in [-0.05, 0) is 42.5 Å². The maximum atomic E-state index is 5.74. The van der Waals surface area contributed by atoms with Gasteiger partial charge in [0.05, 0.1) is 5.69 Å². The molecule has 19 heavy (non-hydrogen) atoms. The second-order valence-electron chi connectivity index (χ2n) is 4.03. The van der Waals surface area contributed by atoms with Crippen molar-refractivity contribution in [1.82, 2.24) is 9.97 Å². The molecule has 3 nitrogen and oxygen atoms in total. The predicted molar refractivity (Wildman–Crippen MR) is 74.0 cm³/mol. The topological polar surface area (TPSA) is 35.0 Å². The molecule has 3 rings (SSSR count). The summed E-state index contributed by atoms with van der Waals surface area (Å²) in [6, 6.07) is 19.4. The molecule has 0 spiro atoms. The molecule has 0 saturated heterocycles. The van der Waals surface area contributed by atoms with E-state index in [1.807, 2.05) is 60.7 Å². The monoisotopic (exact) mass is 248 g/mol. The van der Waals surface area contributed by atoms with Gasteiger partial charge >= 0.3 is 0 Å². The fourth-order valence-electron chi connectivity index (χ4n) is 1.78. The van der Waals surface area contributed by atoms with Crippen LogP contribution >= 0.6 is 0 Å². The molecule has 0 amide bonds. The van der Waals surface area contributed by atoms with Crippen LogP contribution < -0.4 is 4.74 Å². The number of benzene rings is 2. The Balaban J connectivity index is 1.80. The Kier molecular flexibility index (Phi) is 3.19. The Morgan fingerprint density at radius 1 is 0.737 bits per heavy atom. The molecule has 0 radical (unpaired) electrons. The zero-order valence-electron chi connectivity index (χ0n) is 10.2. The van der Waals surface area contributed by atoms with E-state index in [2.05, 4.69) is 9.97 Å². The van der Waals surface area contributed by atoms with Gasteiger partial charge in [0.25, 0.3) is 0 Å². The van der Waals surface area contributed by atoms with Crippen molar-refractivity contribution >= 4 is 0 Å². The van der Waals surface area contributed by atoms with Gasteiger partial charge in [-0.1, -0.05) is 18.2 Å². The highest BCUT2D eigenvalue weighted by Crippen LogP contribution is 2.24. The first-order valence-electron chi connectivity index (χ1n) is 6.01. The lowest BCUT2D eigenvalue weighted by atomic mass is 10.1. The van der Waals surface area contributed by atoms with Crippen LogP contribution in [0.1, 0.15) is 0 Å². The van der Waals surface area contributed by atoms with Crippen LogP contribution in [0.25, 0.3) is 11.3 Å². The van der Waals surface area contributed by atoms with Crippen molar-refractivity contribution in [3.05, 3.63) is 73.2 Å². The summed E-state index contributed by atoms with van der Waals surface area (Å²) in [5, 5.41) is 0. The average molecular weight is 248 g/mol. The molecule has 0 atom stereocenters. The van der Waals surface area contributed by atoms with Crippen LogP contribution in [0, 0.1) is 0 Å². The molecule has 1 aromatic heterocycles. The van der Waals surface area contributed by atoms with Crippen molar-refractivity contribution in [2.24, 2.45) is 0 Å². The summed E-state index contributed by atoms with van der Waals surface area (Å²) in [5.41, 5.74) is 1.95. The van der Waals surface area contributed by atoms with Crippen molar-refractivity contribution in [3.8, 4) is 22.8 Å². The molecule has 0 aliphatic carbocycles. The minimum absolute atomic E-state index is 0.809. The molecular formula is C16H12N2O. The third kappa shape index (κ3) is 2.77. The SMILES string of the molecule is c1ccc(Oc2ccc(-c3ccncn3)cc2)cc1. The van der Waals surface area contributed by atoms with Gasteiger partial charge < -0.3 is 4.74 Å². The number of rotatable bonds is 3. The third-order valence-electron chi connectivity index (χ3n) is 2.71. The number of ether oxygens (including phenoxy) is 1. The Morgan fingerprint density at radius 2 is 1.47 bits per heavy atom. The van der Waals surface area contributed by atoms with Crippen LogP contribution in [-0.4, -0.2) is 9.97 Å². The standard InChI is InChI=1S/C16H12N2O/c1-2-4-14(5-3-1)19-15-8-6-13(7-9-15)16-10-11-17-12-18-16/h1-12H. The Morgan fingerprint density at radius 3 is 2.16 bits per heavy atom. The van der Waals surface area contributed by atoms with Crippen molar-refractivity contribution in [1.29, 1.82) is 0 Å². The highest BCUT2D eigenvalue weighted by Gasteiger charge is 2.00. The van der Waals surface area contributed by atoms with Crippen LogP contribution in [-0.2, 0) is 0 Å². The second-order valence-corrected chi connectivity index (χ2v) is 4.03. The summed E-state index contributed by atoms with van der Waals surface area (Å²) >= 11 is 0. The molecule has 0 unspecified atom stereocenters. The quantitative estimate of drug-likeness (QED) is 0.704. The molecule has 92 valence electrons. The first-order chi connectivity index (χ1) is 9.42. The summed E-state index contributed by atoms with van der Waals surface area (Å²) in [6.07, 6.45) is 3.28. The van der Waals surface area contributed by atoms with Crippen LogP contribution in [0.5, 0.6) is 11.5 Å². The number of aromatic nitrogens is 2. The van der Waals surface area contributed by atoms with Gasteiger partial charge in [0, 0.05) is 11.8 Å². The number of para-hydroxylation sites is 1. The highest BCUT2D eigenvalue weighted by molar-refractivity contribution is 5.59. The van der Waals surface area contributed by atoms with Crippen LogP contribution in [0.4, 0.5) is 0 Å². The van der Waals surface area contributed by atoms with Crippen LogP contribution in [0.15, 0.2) is 73.2 Å². The van der Waals surface area contributed by atoms with Crippen LogP contribution in [0.2, 0.25) is 0 Å². The van der Waals surface area contributed by atoms with Crippen molar-refractivity contribution < 1.29 is 4.74 Å². The van der Waals surface area contributed by atoms with Gasteiger partial charge in [0.15, 0.2) is 0 Å². The third-order valence-corrected chi connectivity index (χ3v) is 2.71. The van der Waals surface area contributed by atoms with Gasteiger partial charge in [0.1, 0.15) is 17.8 Å². The van der Waals surface area contributed by atoms with E-state index in [9.17, 15) is 0 Å². The van der Waals surface area contributed by atoms with E-state index in [4.69, 9.17) is 4.74 Å². The average Bonchev–Trinajstić information content (AvgIpc) is 2.50. The number of hydrogen-bond donors (Lipinski definition) is 0. The van der Waals surface area contributed by atoms with Gasteiger partial charge in [-0.2, -0.15) is 0 Å². The summed E-state index contributed by atoms with van der Waals surface area (Å²) in [4.78, 5) is 8.12. The van der Waals surface area contributed by atoms with E-state index in [0.717, 1.165) is 22.8 Å². The molecule has 0 bridgehead atoms. The van der Waals surface area contributed by atoms with E-state index in [-0.39, 0.29) is 0 Å². The van der Waals surface area contributed by atoms with Gasteiger partial charge in [-0.15, -0.1) is 0 Å². The first kappa shape index (κ1) is 11.4. The lowest BCUT2D eigenvalue weighted by Crippen LogP contribution is -1.86. The summed E-state index contributed by atoms with van der Waals surface area (Å²) in [7, 11) is 0. The fourth-order valence-corrected chi connectivity index (χ4v) is 1.78. The molecule has 0 saturated carbocycles. The lowest BCUT2D eigenvalue weighted by molar-refractivity contribution is 0.483. The minimum Gasteiger partial charge on any atom is -0.457 e. The zero-order valence-corrected chi connectivity index (χ0v) is 10.2. The molecule has 3 heteroatoms. The Labute approximate surface area is 111 Å². The van der Waals surface area contributed by atoms with Crippen molar-refractivity contribution in [2.45, 2.75) is 0 Å². The Bertz CT molecular complexity index is 637. The van der Waals surface area contributed by atoms with Crippen LogP contribution in [0.3, 0.4) is 0 Å². The summed E-state index contributed by atoms with van der Waals surface area (Å²) < 4.78 is 5.74. The van der Waals surface area contributed by atoms with Gasteiger partial charge in [-0.3, -0.25) is 0 Å².